The Morgan fingerprint density at radius 1 is 0.368 bits per heavy atom. The number of hydrogen-bond acceptors (Lipinski definition) is 4. The fourth-order valence-electron chi connectivity index (χ4n) is 7.34. The van der Waals surface area contributed by atoms with Crippen LogP contribution in [-0.4, -0.2) is 15.0 Å². The Morgan fingerprint density at radius 2 is 0.930 bits per heavy atom. The quantitative estimate of drug-likeness (QED) is 0.159. The van der Waals surface area contributed by atoms with Gasteiger partial charge >= 0.3 is 0 Å². The summed E-state index contributed by atoms with van der Waals surface area (Å²) in [5, 5.41) is 4.15. The summed E-state index contributed by atoms with van der Waals surface area (Å²) >= 11 is 0. The molecule has 0 amide bonds. The molecular weight excluding hydrogens is 695 g/mol. The molecular formula is C53H33N3O. The van der Waals surface area contributed by atoms with E-state index in [-0.39, 0.29) is 92.4 Å². The first kappa shape index (κ1) is 21.4. The molecule has 0 fully saturated rings. The molecule has 0 N–H and O–H groups in total. The highest BCUT2D eigenvalue weighted by Gasteiger charge is 2.21. The van der Waals surface area contributed by atoms with Gasteiger partial charge in [-0.2, -0.15) is 0 Å². The van der Waals surface area contributed by atoms with Crippen molar-refractivity contribution in [1.82, 2.24) is 15.0 Å². The topological polar surface area (TPSA) is 51.8 Å². The Labute approximate surface area is 349 Å². The molecule has 4 nitrogen and oxygen atoms in total. The molecule has 2 aromatic heterocycles. The van der Waals surface area contributed by atoms with Crippen molar-refractivity contribution in [2.24, 2.45) is 0 Å². The predicted molar refractivity (Wildman–Crippen MR) is 235 cm³/mol. The first-order valence-electron chi connectivity index (χ1n) is 25.0. The van der Waals surface area contributed by atoms with Crippen LogP contribution in [0, 0.1) is 0 Å². The average molecular weight is 742 g/mol. The molecule has 11 aromatic rings. The zero-order valence-corrected chi connectivity index (χ0v) is 29.7. The third kappa shape index (κ3) is 5.83. The zero-order valence-electron chi connectivity index (χ0n) is 43.7. The molecule has 0 aliphatic heterocycles. The van der Waals surface area contributed by atoms with Gasteiger partial charge in [-0.25, -0.2) is 15.0 Å². The van der Waals surface area contributed by atoms with Gasteiger partial charge < -0.3 is 4.42 Å². The normalized spacial score (nSPS) is 14.9. The molecule has 11 rings (SSSR count). The van der Waals surface area contributed by atoms with Crippen LogP contribution in [0.4, 0.5) is 0 Å². The van der Waals surface area contributed by atoms with Crippen LogP contribution in [-0.2, 0) is 0 Å². The Morgan fingerprint density at radius 3 is 1.65 bits per heavy atom. The second-order valence-corrected chi connectivity index (χ2v) is 13.3. The van der Waals surface area contributed by atoms with Gasteiger partial charge in [0.25, 0.3) is 0 Å². The highest BCUT2D eigenvalue weighted by Crippen LogP contribution is 2.42. The summed E-state index contributed by atoms with van der Waals surface area (Å²) in [4.78, 5) is 14.6. The molecule has 0 atom stereocenters. The van der Waals surface area contributed by atoms with Gasteiger partial charge in [0.15, 0.2) is 17.5 Å². The second kappa shape index (κ2) is 13.6. The Balaban J connectivity index is 1.15. The van der Waals surface area contributed by atoms with Gasteiger partial charge in [-0.3, -0.25) is 0 Å². The third-order valence-electron chi connectivity index (χ3n) is 10.0. The molecule has 266 valence electrons. The molecule has 2 heterocycles. The van der Waals surface area contributed by atoms with E-state index in [1.54, 1.807) is 54.6 Å². The molecule has 57 heavy (non-hydrogen) atoms. The first-order valence-corrected chi connectivity index (χ1v) is 18.0. The van der Waals surface area contributed by atoms with Gasteiger partial charge in [0.1, 0.15) is 11.2 Å². The summed E-state index contributed by atoms with van der Waals surface area (Å²) in [6, 6.07) is 28.8. The molecule has 0 aliphatic rings. The molecule has 9 aromatic carbocycles. The number of hydrogen-bond donors (Lipinski definition) is 0. The van der Waals surface area contributed by atoms with Crippen molar-refractivity contribution in [3.63, 3.8) is 0 Å². The van der Waals surface area contributed by atoms with Gasteiger partial charge in [0, 0.05) is 27.5 Å². The minimum absolute atomic E-state index is 0.0245. The van der Waals surface area contributed by atoms with E-state index in [0.29, 0.717) is 22.3 Å². The number of rotatable bonds is 6. The summed E-state index contributed by atoms with van der Waals surface area (Å²) < 4.78 is 126. The van der Waals surface area contributed by atoms with E-state index in [0.717, 1.165) is 32.7 Å². The highest BCUT2D eigenvalue weighted by atomic mass is 16.3. The second-order valence-electron chi connectivity index (χ2n) is 13.3. The lowest BCUT2D eigenvalue weighted by atomic mass is 9.91. The molecule has 0 unspecified atom stereocenters. The summed E-state index contributed by atoms with van der Waals surface area (Å²) in [5.74, 6) is -0.251. The lowest BCUT2D eigenvalue weighted by Gasteiger charge is -2.14. The van der Waals surface area contributed by atoms with Crippen LogP contribution in [0.1, 0.15) is 19.2 Å². The van der Waals surface area contributed by atoms with E-state index < -0.39 is 48.3 Å². The third-order valence-corrected chi connectivity index (χ3v) is 10.0. The van der Waals surface area contributed by atoms with Crippen LogP contribution in [0.5, 0.6) is 0 Å². The van der Waals surface area contributed by atoms with E-state index in [4.69, 9.17) is 37.2 Å². The molecule has 0 radical (unpaired) electrons. The van der Waals surface area contributed by atoms with Crippen molar-refractivity contribution in [1.29, 1.82) is 0 Å². The number of para-hydroxylation sites is 1. The minimum Gasteiger partial charge on any atom is -0.456 e. The van der Waals surface area contributed by atoms with Gasteiger partial charge in [0.05, 0.1) is 19.2 Å². The molecule has 4 heteroatoms. The molecule has 0 bridgehead atoms. The Bertz CT molecular complexity index is 4050. The molecule has 0 saturated heterocycles. The molecule has 0 saturated carbocycles. The first-order chi connectivity index (χ1) is 34.0. The van der Waals surface area contributed by atoms with Gasteiger partial charge in [0.2, 0.25) is 0 Å². The molecule has 0 spiro atoms. The smallest absolute Gasteiger partial charge is 0.164 e. The van der Waals surface area contributed by atoms with Crippen LogP contribution < -0.4 is 0 Å². The summed E-state index contributed by atoms with van der Waals surface area (Å²) in [6.45, 7) is 0. The standard InChI is InChI=1S/C53H33N3O/c1-3-13-34(14-4-1)35-23-25-36(26-24-35)37-27-29-39(30-28-37)52-54-51(38-15-5-2-6-16-38)55-53(56-52)47-32-41(33-49-50(47)45-21-11-12-22-48(45)57-49)46-31-40-17-7-8-18-42(40)43-19-9-10-20-44(43)46/h1-33H/i1D,2D,3D,4D,5D,6D,11D,12D,13D,14D,15D,16D,22D,33D. The van der Waals surface area contributed by atoms with E-state index in [9.17, 15) is 1.37 Å². The van der Waals surface area contributed by atoms with Crippen molar-refractivity contribution < 1.29 is 23.6 Å². The number of aromatic nitrogens is 3. The average Bonchev–Trinajstić information content (AvgIpc) is 3.78. The number of nitrogens with zero attached hydrogens (tertiary/aromatic N) is 3. The van der Waals surface area contributed by atoms with Crippen molar-refractivity contribution in [3.8, 4) is 67.5 Å². The van der Waals surface area contributed by atoms with Crippen LogP contribution >= 0.6 is 0 Å². The SMILES string of the molecule is [2H]c1cc2c(oc3c([2H])c(-c4cc5ccccc5c5ccccc45)cc(-c4nc(-c5ccc(-c6ccc(-c7c([2H])c([2H])c([2H])c([2H])c7[2H])cc6)cc5)nc(-c5c([2H])c([2H])c([2H])c([2H])c5[2H])n4)c32)c([2H])c1[2H]. The lowest BCUT2D eigenvalue weighted by molar-refractivity contribution is 0.669. The summed E-state index contributed by atoms with van der Waals surface area (Å²) in [6.07, 6.45) is 0. The van der Waals surface area contributed by atoms with Crippen LogP contribution in [0.15, 0.2) is 204 Å². The van der Waals surface area contributed by atoms with Crippen molar-refractivity contribution in [2.45, 2.75) is 0 Å². The fourth-order valence-corrected chi connectivity index (χ4v) is 7.34. The highest BCUT2D eigenvalue weighted by molar-refractivity contribution is 6.17. The summed E-state index contributed by atoms with van der Waals surface area (Å²) in [5.41, 5.74) is 3.44. The van der Waals surface area contributed by atoms with E-state index in [1.165, 1.54) is 6.07 Å². The molecule has 0 aliphatic carbocycles. The van der Waals surface area contributed by atoms with E-state index >= 15 is 0 Å². The van der Waals surface area contributed by atoms with Gasteiger partial charge in [-0.15, -0.1) is 0 Å². The largest absolute Gasteiger partial charge is 0.456 e. The van der Waals surface area contributed by atoms with E-state index in [1.807, 2.05) is 54.6 Å². The fraction of sp³-hybridized carbons (Fsp3) is 0. The van der Waals surface area contributed by atoms with E-state index in [2.05, 4.69) is 0 Å². The van der Waals surface area contributed by atoms with Crippen molar-refractivity contribution in [3.05, 3.63) is 200 Å². The van der Waals surface area contributed by atoms with Crippen molar-refractivity contribution >= 4 is 43.5 Å². The number of benzene rings is 9. The number of fused-ring (bicyclic) bond motifs is 6. The maximum absolute atomic E-state index is 9.75. The Kier molecular flexibility index (Phi) is 5.09. The lowest BCUT2D eigenvalue weighted by Crippen LogP contribution is -2.00. The monoisotopic (exact) mass is 741 g/mol. The van der Waals surface area contributed by atoms with Crippen LogP contribution in [0.2, 0.25) is 0 Å². The van der Waals surface area contributed by atoms with Crippen molar-refractivity contribution in [2.75, 3.05) is 0 Å². The maximum atomic E-state index is 9.75. The number of furan rings is 1. The zero-order chi connectivity index (χ0) is 49.9. The minimum atomic E-state index is -0.605. The van der Waals surface area contributed by atoms with Crippen LogP contribution in [0.3, 0.4) is 0 Å². The summed E-state index contributed by atoms with van der Waals surface area (Å²) in [7, 11) is 0. The predicted octanol–water partition coefficient (Wildman–Crippen LogP) is 14.1. The maximum Gasteiger partial charge on any atom is 0.164 e. The van der Waals surface area contributed by atoms with Gasteiger partial charge in [-0.05, 0) is 79.1 Å². The van der Waals surface area contributed by atoms with Gasteiger partial charge in [-0.1, -0.05) is 176 Å². The Hall–Kier alpha value is -7.69. The van der Waals surface area contributed by atoms with Crippen LogP contribution in [0.25, 0.3) is 111 Å².